The van der Waals surface area contributed by atoms with Crippen molar-refractivity contribution >= 4 is 17.4 Å². The molecule has 136 valence electrons. The largest absolute Gasteiger partial charge is 0.494 e. The summed E-state index contributed by atoms with van der Waals surface area (Å²) >= 11 is 5.80. The molecule has 1 unspecified atom stereocenters. The zero-order valence-electron chi connectivity index (χ0n) is 13.8. The molecule has 0 radical (unpaired) electrons. The lowest BCUT2D eigenvalue weighted by atomic mass is 10.3. The maximum absolute atomic E-state index is 10.6. The molecular formula is C16H20ClN3O5. The summed E-state index contributed by atoms with van der Waals surface area (Å²) in [6, 6.07) is 7.10. The van der Waals surface area contributed by atoms with Crippen LogP contribution < -0.4 is 9.47 Å². The smallest absolute Gasteiger partial charge is 0.383 e. The van der Waals surface area contributed by atoms with Crippen molar-refractivity contribution in [2.75, 3.05) is 13.2 Å². The molecule has 1 heterocycles. The molecule has 0 aliphatic carbocycles. The predicted octanol–water partition coefficient (Wildman–Crippen LogP) is 3.06. The highest BCUT2D eigenvalue weighted by molar-refractivity contribution is 6.28. The van der Waals surface area contributed by atoms with Crippen molar-refractivity contribution in [3.8, 4) is 11.5 Å². The highest BCUT2D eigenvalue weighted by atomic mass is 35.5. The molecule has 1 atom stereocenters. The van der Waals surface area contributed by atoms with E-state index in [9.17, 15) is 15.2 Å². The number of hydrogen-bond acceptors (Lipinski definition) is 6. The normalized spacial score (nSPS) is 12.0. The van der Waals surface area contributed by atoms with Gasteiger partial charge in [-0.25, -0.2) is 0 Å². The average molecular weight is 370 g/mol. The number of hydrogen-bond donors (Lipinski definition) is 1. The Kier molecular flexibility index (Phi) is 7.03. The summed E-state index contributed by atoms with van der Waals surface area (Å²) in [4.78, 5) is 13.6. The number of aromatic nitrogens is 2. The van der Waals surface area contributed by atoms with Gasteiger partial charge in [-0.05, 0) is 52.2 Å². The topological polar surface area (TPSA) is 99.6 Å². The van der Waals surface area contributed by atoms with Gasteiger partial charge >= 0.3 is 11.1 Å². The van der Waals surface area contributed by atoms with E-state index in [4.69, 9.17) is 21.1 Å². The fraction of sp³-hybridized carbons (Fsp3) is 0.438. The minimum absolute atomic E-state index is 0.0122. The second-order valence-electron chi connectivity index (χ2n) is 5.42. The van der Waals surface area contributed by atoms with Gasteiger partial charge in [0.05, 0.1) is 13.2 Å². The summed E-state index contributed by atoms with van der Waals surface area (Å²) in [6.07, 6.45) is 2.35. The monoisotopic (exact) mass is 369 g/mol. The number of benzene rings is 1. The second-order valence-corrected chi connectivity index (χ2v) is 5.75. The number of rotatable bonds is 10. The molecule has 1 aromatic carbocycles. The van der Waals surface area contributed by atoms with E-state index >= 15 is 0 Å². The van der Waals surface area contributed by atoms with Crippen LogP contribution in [0.3, 0.4) is 0 Å². The molecule has 0 bridgehead atoms. The highest BCUT2D eigenvalue weighted by Gasteiger charge is 2.19. The standard InChI is InChI=1S/C16H20ClN3O5/c1-2-3-8-24-13-4-6-14(7-5-13)25-11-12(21)9-19-10-15(20(22)23)18-16(19)17/h4-7,10,12,21H,2-3,8-9,11H2,1H3. The van der Waals surface area contributed by atoms with Crippen LogP contribution in [0, 0.1) is 10.1 Å². The maximum atomic E-state index is 10.6. The number of ether oxygens (including phenoxy) is 2. The summed E-state index contributed by atoms with van der Waals surface area (Å²) in [6.45, 7) is 2.82. The average Bonchev–Trinajstić information content (AvgIpc) is 2.95. The lowest BCUT2D eigenvalue weighted by Crippen LogP contribution is -2.23. The lowest BCUT2D eigenvalue weighted by molar-refractivity contribution is -0.389. The first-order valence-corrected chi connectivity index (χ1v) is 8.28. The highest BCUT2D eigenvalue weighted by Crippen LogP contribution is 2.19. The number of nitro groups is 1. The van der Waals surface area contributed by atoms with Gasteiger partial charge in [-0.15, -0.1) is 0 Å². The predicted molar refractivity (Wildman–Crippen MR) is 92.2 cm³/mol. The summed E-state index contributed by atoms with van der Waals surface area (Å²) < 4.78 is 12.4. The molecule has 2 aromatic rings. The van der Waals surface area contributed by atoms with Gasteiger partial charge in [0.1, 0.15) is 30.4 Å². The van der Waals surface area contributed by atoms with Crippen LogP contribution in [0.5, 0.6) is 11.5 Å². The Morgan fingerprint density at radius 2 is 1.96 bits per heavy atom. The van der Waals surface area contributed by atoms with Crippen molar-refractivity contribution in [3.05, 3.63) is 45.9 Å². The minimum Gasteiger partial charge on any atom is -0.494 e. The Labute approximate surface area is 150 Å². The van der Waals surface area contributed by atoms with Crippen LogP contribution in [-0.2, 0) is 6.54 Å². The molecule has 8 nitrogen and oxygen atoms in total. The van der Waals surface area contributed by atoms with E-state index in [1.807, 2.05) is 0 Å². The number of imidazole rings is 1. The number of aliphatic hydroxyl groups is 1. The van der Waals surface area contributed by atoms with Gasteiger partial charge in [0.15, 0.2) is 0 Å². The van der Waals surface area contributed by atoms with Crippen molar-refractivity contribution in [1.29, 1.82) is 0 Å². The van der Waals surface area contributed by atoms with Crippen molar-refractivity contribution < 1.29 is 19.5 Å². The van der Waals surface area contributed by atoms with Crippen LogP contribution in [0.25, 0.3) is 0 Å². The van der Waals surface area contributed by atoms with E-state index in [0.29, 0.717) is 12.4 Å². The van der Waals surface area contributed by atoms with Crippen molar-refractivity contribution in [1.82, 2.24) is 9.55 Å². The van der Waals surface area contributed by atoms with E-state index in [1.165, 1.54) is 10.8 Å². The van der Waals surface area contributed by atoms with Crippen molar-refractivity contribution in [3.63, 3.8) is 0 Å². The second kappa shape index (κ2) is 9.24. The fourth-order valence-electron chi connectivity index (χ4n) is 2.03. The number of unbranched alkanes of at least 4 members (excludes halogenated alkanes) is 1. The first-order chi connectivity index (χ1) is 12.0. The minimum atomic E-state index is -0.896. The van der Waals surface area contributed by atoms with Crippen LogP contribution in [0.4, 0.5) is 5.82 Å². The van der Waals surface area contributed by atoms with Crippen molar-refractivity contribution in [2.24, 2.45) is 0 Å². The third-order valence-corrected chi connectivity index (χ3v) is 3.64. The molecule has 0 aliphatic heterocycles. The van der Waals surface area contributed by atoms with Crippen LogP contribution in [0.15, 0.2) is 30.5 Å². The Balaban J connectivity index is 1.81. The first kappa shape index (κ1) is 19.0. The molecule has 0 amide bonds. The molecule has 1 N–H and O–H groups in total. The van der Waals surface area contributed by atoms with Crippen LogP contribution in [-0.4, -0.2) is 38.9 Å². The Hall–Kier alpha value is -2.32. The first-order valence-electron chi connectivity index (χ1n) is 7.90. The SMILES string of the molecule is CCCCOc1ccc(OCC(O)Cn2cc([N+](=O)[O-])nc2Cl)cc1. The van der Waals surface area contributed by atoms with Gasteiger partial charge < -0.3 is 24.7 Å². The third-order valence-electron chi connectivity index (χ3n) is 3.34. The molecule has 0 spiro atoms. The molecule has 0 saturated heterocycles. The molecular weight excluding hydrogens is 350 g/mol. The van der Waals surface area contributed by atoms with E-state index in [-0.39, 0.29) is 24.3 Å². The lowest BCUT2D eigenvalue weighted by Gasteiger charge is -2.13. The summed E-state index contributed by atoms with van der Waals surface area (Å²) in [5.74, 6) is 0.986. The molecule has 0 aliphatic rings. The van der Waals surface area contributed by atoms with Gasteiger partial charge in [0.2, 0.25) is 0 Å². The van der Waals surface area contributed by atoms with E-state index in [1.54, 1.807) is 24.3 Å². The zero-order chi connectivity index (χ0) is 18.2. The molecule has 1 aromatic heterocycles. The van der Waals surface area contributed by atoms with Gasteiger partial charge in [-0.3, -0.25) is 4.57 Å². The Morgan fingerprint density at radius 1 is 1.32 bits per heavy atom. The molecule has 0 saturated carbocycles. The van der Waals surface area contributed by atoms with E-state index in [0.717, 1.165) is 18.6 Å². The maximum Gasteiger partial charge on any atom is 0.383 e. The Bertz CT molecular complexity index is 690. The van der Waals surface area contributed by atoms with Crippen LogP contribution in [0.1, 0.15) is 19.8 Å². The third kappa shape index (κ3) is 5.91. The molecule has 25 heavy (non-hydrogen) atoms. The Morgan fingerprint density at radius 3 is 2.52 bits per heavy atom. The van der Waals surface area contributed by atoms with Gasteiger partial charge in [0.25, 0.3) is 0 Å². The van der Waals surface area contributed by atoms with E-state index < -0.39 is 11.0 Å². The summed E-state index contributed by atoms with van der Waals surface area (Å²) in [7, 11) is 0. The molecule has 0 fully saturated rings. The van der Waals surface area contributed by atoms with Crippen molar-refractivity contribution in [2.45, 2.75) is 32.4 Å². The van der Waals surface area contributed by atoms with Gasteiger partial charge in [-0.2, -0.15) is 0 Å². The number of halogens is 1. The summed E-state index contributed by atoms with van der Waals surface area (Å²) in [5, 5.41) is 20.6. The number of aliphatic hydroxyl groups excluding tert-OH is 1. The van der Waals surface area contributed by atoms with Gasteiger partial charge in [0, 0.05) is 0 Å². The van der Waals surface area contributed by atoms with Crippen LogP contribution >= 0.6 is 11.6 Å². The van der Waals surface area contributed by atoms with Crippen LogP contribution in [0.2, 0.25) is 5.28 Å². The number of nitrogens with zero attached hydrogens (tertiary/aromatic N) is 3. The zero-order valence-corrected chi connectivity index (χ0v) is 14.6. The quantitative estimate of drug-likeness (QED) is 0.392. The molecule has 2 rings (SSSR count). The molecule has 9 heteroatoms. The summed E-state index contributed by atoms with van der Waals surface area (Å²) in [5.41, 5.74) is 0. The fourth-order valence-corrected chi connectivity index (χ4v) is 2.24. The van der Waals surface area contributed by atoms with Gasteiger partial charge in [-0.1, -0.05) is 13.3 Å². The van der Waals surface area contributed by atoms with E-state index in [2.05, 4.69) is 11.9 Å².